The van der Waals surface area contributed by atoms with E-state index in [-0.39, 0.29) is 23.1 Å². The third-order valence-electron chi connectivity index (χ3n) is 2.80. The summed E-state index contributed by atoms with van der Waals surface area (Å²) in [7, 11) is 0. The molecule has 6 heteroatoms. The van der Waals surface area contributed by atoms with E-state index in [1.54, 1.807) is 6.07 Å². The molecular weight excluding hydrogens is 297 g/mol. The van der Waals surface area contributed by atoms with E-state index in [0.29, 0.717) is 5.69 Å². The van der Waals surface area contributed by atoms with Gasteiger partial charge in [0.2, 0.25) is 0 Å². The molecular formula is C17H18FN3O2. The number of nitrogens with zero attached hydrogens (tertiary/aromatic N) is 1. The second-order valence-corrected chi connectivity index (χ2v) is 6.07. The SMILES string of the molecule is CC(C)(C)NC(=O)c1cccc(C(=O)Nc2ccc(F)cc2)n1. The van der Waals surface area contributed by atoms with E-state index in [4.69, 9.17) is 0 Å². The molecule has 2 N–H and O–H groups in total. The van der Waals surface area contributed by atoms with Crippen molar-refractivity contribution in [3.63, 3.8) is 0 Å². The Morgan fingerprint density at radius 1 is 0.957 bits per heavy atom. The van der Waals surface area contributed by atoms with Crippen molar-refractivity contribution in [2.45, 2.75) is 26.3 Å². The fraction of sp³-hybridized carbons (Fsp3) is 0.235. The molecule has 2 rings (SSSR count). The fourth-order valence-electron chi connectivity index (χ4n) is 1.82. The average Bonchev–Trinajstić information content (AvgIpc) is 2.48. The first kappa shape index (κ1) is 16.6. The van der Waals surface area contributed by atoms with Crippen molar-refractivity contribution in [2.24, 2.45) is 0 Å². The van der Waals surface area contributed by atoms with Crippen LogP contribution in [0.25, 0.3) is 0 Å². The highest BCUT2D eigenvalue weighted by molar-refractivity contribution is 6.03. The molecule has 1 aromatic heterocycles. The van der Waals surface area contributed by atoms with Gasteiger partial charge in [0.1, 0.15) is 17.2 Å². The van der Waals surface area contributed by atoms with Crippen LogP contribution in [0.1, 0.15) is 41.7 Å². The molecule has 0 atom stereocenters. The second kappa shape index (κ2) is 6.56. The molecule has 0 bridgehead atoms. The van der Waals surface area contributed by atoms with Gasteiger partial charge >= 0.3 is 0 Å². The predicted molar refractivity (Wildman–Crippen MR) is 85.8 cm³/mol. The first-order valence-electron chi connectivity index (χ1n) is 7.11. The summed E-state index contributed by atoms with van der Waals surface area (Å²) >= 11 is 0. The lowest BCUT2D eigenvalue weighted by Crippen LogP contribution is -2.41. The van der Waals surface area contributed by atoms with Crippen molar-refractivity contribution in [2.75, 3.05) is 5.32 Å². The monoisotopic (exact) mass is 315 g/mol. The molecule has 2 aromatic rings. The van der Waals surface area contributed by atoms with Gasteiger partial charge in [0.15, 0.2) is 0 Å². The molecule has 0 aliphatic rings. The van der Waals surface area contributed by atoms with E-state index in [2.05, 4.69) is 15.6 Å². The maximum absolute atomic E-state index is 12.9. The number of hydrogen-bond donors (Lipinski definition) is 2. The van der Waals surface area contributed by atoms with E-state index in [1.165, 1.54) is 36.4 Å². The number of hydrogen-bond acceptors (Lipinski definition) is 3. The van der Waals surface area contributed by atoms with Crippen molar-refractivity contribution in [3.05, 3.63) is 59.7 Å². The Balaban J connectivity index is 2.14. The minimum absolute atomic E-state index is 0.107. The molecule has 1 aromatic carbocycles. The standard InChI is InChI=1S/C17H18FN3O2/c1-17(2,3)21-16(23)14-6-4-5-13(20-14)15(22)19-12-9-7-11(18)8-10-12/h4-10H,1-3H3,(H,19,22)(H,21,23). The zero-order valence-electron chi connectivity index (χ0n) is 13.2. The summed E-state index contributed by atoms with van der Waals surface area (Å²) < 4.78 is 12.9. The number of benzene rings is 1. The van der Waals surface area contributed by atoms with Gasteiger partial charge in [-0.05, 0) is 57.2 Å². The highest BCUT2D eigenvalue weighted by Gasteiger charge is 2.17. The summed E-state index contributed by atoms with van der Waals surface area (Å²) in [4.78, 5) is 28.3. The minimum Gasteiger partial charge on any atom is -0.346 e. The van der Waals surface area contributed by atoms with Gasteiger partial charge in [-0.25, -0.2) is 9.37 Å². The summed E-state index contributed by atoms with van der Waals surface area (Å²) in [5.41, 5.74) is 0.316. The largest absolute Gasteiger partial charge is 0.346 e. The molecule has 0 fully saturated rings. The summed E-state index contributed by atoms with van der Waals surface area (Å²) in [6, 6.07) is 10.0. The minimum atomic E-state index is -0.470. The van der Waals surface area contributed by atoms with Crippen LogP contribution in [-0.4, -0.2) is 22.3 Å². The van der Waals surface area contributed by atoms with Gasteiger partial charge in [-0.2, -0.15) is 0 Å². The summed E-state index contributed by atoms with van der Waals surface area (Å²) in [5, 5.41) is 5.38. The lowest BCUT2D eigenvalue weighted by molar-refractivity contribution is 0.0914. The van der Waals surface area contributed by atoms with Gasteiger partial charge in [0.05, 0.1) is 0 Å². The van der Waals surface area contributed by atoms with Crippen LogP contribution in [0.2, 0.25) is 0 Å². The number of anilines is 1. The normalized spacial score (nSPS) is 11.0. The Bertz CT molecular complexity index is 721. The Labute approximate surface area is 133 Å². The highest BCUT2D eigenvalue weighted by Crippen LogP contribution is 2.10. The molecule has 23 heavy (non-hydrogen) atoms. The molecule has 120 valence electrons. The number of pyridine rings is 1. The Morgan fingerprint density at radius 3 is 2.09 bits per heavy atom. The smallest absolute Gasteiger partial charge is 0.274 e. The Hall–Kier alpha value is -2.76. The predicted octanol–water partition coefficient (Wildman–Crippen LogP) is 3.00. The van der Waals surface area contributed by atoms with Crippen LogP contribution in [0.5, 0.6) is 0 Å². The maximum atomic E-state index is 12.9. The van der Waals surface area contributed by atoms with E-state index in [9.17, 15) is 14.0 Å². The van der Waals surface area contributed by atoms with Crippen LogP contribution in [0.4, 0.5) is 10.1 Å². The van der Waals surface area contributed by atoms with Crippen molar-refractivity contribution in [3.8, 4) is 0 Å². The van der Waals surface area contributed by atoms with Crippen LogP contribution >= 0.6 is 0 Å². The van der Waals surface area contributed by atoms with E-state index < -0.39 is 11.4 Å². The molecule has 2 amide bonds. The topological polar surface area (TPSA) is 71.1 Å². The molecule has 0 saturated heterocycles. The van der Waals surface area contributed by atoms with Crippen molar-refractivity contribution >= 4 is 17.5 Å². The first-order valence-corrected chi connectivity index (χ1v) is 7.11. The van der Waals surface area contributed by atoms with Crippen LogP contribution in [0, 0.1) is 5.82 Å². The summed E-state index contributed by atoms with van der Waals surface area (Å²) in [6.07, 6.45) is 0. The Kier molecular flexibility index (Phi) is 4.74. The average molecular weight is 315 g/mol. The molecule has 0 aliphatic heterocycles. The van der Waals surface area contributed by atoms with Crippen LogP contribution in [0.15, 0.2) is 42.5 Å². The second-order valence-electron chi connectivity index (χ2n) is 6.07. The van der Waals surface area contributed by atoms with Gasteiger partial charge in [-0.15, -0.1) is 0 Å². The third-order valence-corrected chi connectivity index (χ3v) is 2.80. The number of nitrogens with one attached hydrogen (secondary N) is 2. The zero-order chi connectivity index (χ0) is 17.0. The van der Waals surface area contributed by atoms with Gasteiger partial charge < -0.3 is 10.6 Å². The molecule has 0 saturated carbocycles. The number of halogens is 1. The molecule has 0 radical (unpaired) electrons. The van der Waals surface area contributed by atoms with E-state index >= 15 is 0 Å². The van der Waals surface area contributed by atoms with Crippen LogP contribution in [-0.2, 0) is 0 Å². The molecule has 0 spiro atoms. The fourth-order valence-corrected chi connectivity index (χ4v) is 1.82. The van der Waals surface area contributed by atoms with Crippen molar-refractivity contribution in [1.82, 2.24) is 10.3 Å². The third kappa shape index (κ3) is 4.88. The number of carbonyl (C=O) groups excluding carboxylic acids is 2. The highest BCUT2D eigenvalue weighted by atomic mass is 19.1. The first-order chi connectivity index (χ1) is 10.7. The van der Waals surface area contributed by atoms with Crippen molar-refractivity contribution < 1.29 is 14.0 Å². The van der Waals surface area contributed by atoms with Gasteiger partial charge in [0, 0.05) is 11.2 Å². The summed E-state index contributed by atoms with van der Waals surface area (Å²) in [6.45, 7) is 5.57. The van der Waals surface area contributed by atoms with Crippen molar-refractivity contribution in [1.29, 1.82) is 0 Å². The van der Waals surface area contributed by atoms with Gasteiger partial charge in [-0.1, -0.05) is 6.07 Å². The Morgan fingerprint density at radius 2 is 1.52 bits per heavy atom. The quantitative estimate of drug-likeness (QED) is 0.914. The van der Waals surface area contributed by atoms with Gasteiger partial charge in [0.25, 0.3) is 11.8 Å². The lowest BCUT2D eigenvalue weighted by atomic mass is 10.1. The molecule has 5 nitrogen and oxygen atoms in total. The molecule has 0 aliphatic carbocycles. The maximum Gasteiger partial charge on any atom is 0.274 e. The van der Waals surface area contributed by atoms with Crippen LogP contribution < -0.4 is 10.6 Å². The van der Waals surface area contributed by atoms with Crippen LogP contribution in [0.3, 0.4) is 0 Å². The number of carbonyl (C=O) groups is 2. The molecule has 1 heterocycles. The van der Waals surface area contributed by atoms with E-state index in [0.717, 1.165) is 0 Å². The zero-order valence-corrected chi connectivity index (χ0v) is 13.2. The summed E-state index contributed by atoms with van der Waals surface area (Å²) in [5.74, 6) is -1.21. The number of amides is 2. The van der Waals surface area contributed by atoms with Gasteiger partial charge in [-0.3, -0.25) is 9.59 Å². The number of rotatable bonds is 3. The van der Waals surface area contributed by atoms with E-state index in [1.807, 2.05) is 20.8 Å². The number of aromatic nitrogens is 1. The lowest BCUT2D eigenvalue weighted by Gasteiger charge is -2.20. The molecule has 0 unspecified atom stereocenters.